The lowest BCUT2D eigenvalue weighted by Crippen LogP contribution is -2.24. The lowest BCUT2D eigenvalue weighted by Gasteiger charge is -2.19. The zero-order valence-corrected chi connectivity index (χ0v) is 13.6. The molecule has 2 rings (SSSR count). The van der Waals surface area contributed by atoms with Gasteiger partial charge in [-0.3, -0.25) is 4.68 Å². The van der Waals surface area contributed by atoms with Gasteiger partial charge in [-0.25, -0.2) is 4.39 Å². The molecule has 0 aliphatic heterocycles. The first-order valence-electron chi connectivity index (χ1n) is 7.11. The van der Waals surface area contributed by atoms with Crippen molar-refractivity contribution in [3.05, 3.63) is 51.6 Å². The Hall–Kier alpha value is -1.39. The molecule has 1 heterocycles. The van der Waals surface area contributed by atoms with Crippen molar-refractivity contribution < 1.29 is 4.39 Å². The van der Waals surface area contributed by atoms with Crippen LogP contribution in [0, 0.1) is 19.7 Å². The van der Waals surface area contributed by atoms with E-state index in [0.717, 1.165) is 23.5 Å². The minimum atomic E-state index is -0.260. The lowest BCUT2D eigenvalue weighted by atomic mass is 9.97. The molecule has 0 saturated heterocycles. The van der Waals surface area contributed by atoms with E-state index in [9.17, 15) is 4.39 Å². The number of aryl methyl sites for hydroxylation is 2. The summed E-state index contributed by atoms with van der Waals surface area (Å²) < 4.78 is 15.9. The van der Waals surface area contributed by atoms with Crippen molar-refractivity contribution in [1.82, 2.24) is 15.1 Å². The molecular weight excluding hydrogens is 289 g/mol. The third-order valence-electron chi connectivity index (χ3n) is 3.80. The van der Waals surface area contributed by atoms with E-state index < -0.39 is 0 Å². The average molecular weight is 310 g/mol. The van der Waals surface area contributed by atoms with Gasteiger partial charge in [0.05, 0.1) is 5.69 Å². The van der Waals surface area contributed by atoms with Gasteiger partial charge in [-0.15, -0.1) is 0 Å². The summed E-state index contributed by atoms with van der Waals surface area (Å²) in [5.74, 6) is -0.260. The SMILES string of the molecule is CCNC(Cc1ccc(Cl)cc1F)c1c(C)nn(C)c1C. The third-order valence-corrected chi connectivity index (χ3v) is 4.04. The lowest BCUT2D eigenvalue weighted by molar-refractivity contribution is 0.523. The van der Waals surface area contributed by atoms with Crippen LogP contribution in [0.3, 0.4) is 0 Å². The zero-order chi connectivity index (χ0) is 15.6. The van der Waals surface area contributed by atoms with Gasteiger partial charge < -0.3 is 5.32 Å². The molecule has 0 fully saturated rings. The fraction of sp³-hybridized carbons (Fsp3) is 0.438. The van der Waals surface area contributed by atoms with Crippen molar-refractivity contribution in [2.45, 2.75) is 33.2 Å². The summed E-state index contributed by atoms with van der Waals surface area (Å²) in [6.45, 7) is 6.89. The molecule has 0 bridgehead atoms. The summed E-state index contributed by atoms with van der Waals surface area (Å²) in [4.78, 5) is 0. The maximum absolute atomic E-state index is 14.0. The fourth-order valence-electron chi connectivity index (χ4n) is 2.72. The Morgan fingerprint density at radius 1 is 1.38 bits per heavy atom. The first kappa shape index (κ1) is 16.0. The number of rotatable bonds is 5. The largest absolute Gasteiger partial charge is 0.310 e. The number of nitrogens with zero attached hydrogens (tertiary/aromatic N) is 2. The Labute approximate surface area is 130 Å². The zero-order valence-electron chi connectivity index (χ0n) is 12.9. The predicted molar refractivity (Wildman–Crippen MR) is 84.2 cm³/mol. The maximum Gasteiger partial charge on any atom is 0.127 e. The molecule has 0 amide bonds. The molecule has 2 aromatic rings. The normalized spacial score (nSPS) is 12.7. The molecule has 1 aromatic carbocycles. The van der Waals surface area contributed by atoms with Gasteiger partial charge in [0.2, 0.25) is 0 Å². The van der Waals surface area contributed by atoms with Gasteiger partial charge in [0.25, 0.3) is 0 Å². The molecular formula is C16H21ClFN3. The number of likely N-dealkylation sites (N-methyl/N-ethyl adjacent to an activating group) is 1. The molecule has 114 valence electrons. The van der Waals surface area contributed by atoms with Crippen LogP contribution < -0.4 is 5.32 Å². The summed E-state index contributed by atoms with van der Waals surface area (Å²) in [5.41, 5.74) is 3.89. The number of halogens is 2. The summed E-state index contributed by atoms with van der Waals surface area (Å²) in [5, 5.41) is 8.31. The molecule has 0 aliphatic rings. The van der Waals surface area contributed by atoms with Crippen LogP contribution in [0.5, 0.6) is 0 Å². The fourth-order valence-corrected chi connectivity index (χ4v) is 2.88. The highest BCUT2D eigenvalue weighted by atomic mass is 35.5. The highest BCUT2D eigenvalue weighted by Gasteiger charge is 2.21. The second kappa shape index (κ2) is 6.58. The van der Waals surface area contributed by atoms with Crippen molar-refractivity contribution in [1.29, 1.82) is 0 Å². The van der Waals surface area contributed by atoms with Gasteiger partial charge in [-0.2, -0.15) is 5.10 Å². The van der Waals surface area contributed by atoms with Crippen molar-refractivity contribution in [2.75, 3.05) is 6.54 Å². The van der Waals surface area contributed by atoms with Gasteiger partial charge in [-0.1, -0.05) is 24.6 Å². The molecule has 0 radical (unpaired) electrons. The van der Waals surface area contributed by atoms with Crippen LogP contribution in [0.2, 0.25) is 5.02 Å². The highest BCUT2D eigenvalue weighted by Crippen LogP contribution is 2.26. The molecule has 0 aliphatic carbocycles. The minimum absolute atomic E-state index is 0.0411. The van der Waals surface area contributed by atoms with Gasteiger partial charge in [0.15, 0.2) is 0 Å². The maximum atomic E-state index is 14.0. The van der Waals surface area contributed by atoms with E-state index in [4.69, 9.17) is 11.6 Å². The predicted octanol–water partition coefficient (Wildman–Crippen LogP) is 3.72. The van der Waals surface area contributed by atoms with E-state index in [1.807, 2.05) is 32.5 Å². The summed E-state index contributed by atoms with van der Waals surface area (Å²) in [6.07, 6.45) is 0.574. The Morgan fingerprint density at radius 3 is 2.62 bits per heavy atom. The first-order valence-corrected chi connectivity index (χ1v) is 7.49. The molecule has 1 unspecified atom stereocenters. The van der Waals surface area contributed by atoms with E-state index >= 15 is 0 Å². The van der Waals surface area contributed by atoms with E-state index in [-0.39, 0.29) is 11.9 Å². The molecule has 1 atom stereocenters. The van der Waals surface area contributed by atoms with Crippen LogP contribution in [0.1, 0.15) is 35.5 Å². The van der Waals surface area contributed by atoms with Crippen LogP contribution in [-0.4, -0.2) is 16.3 Å². The molecule has 0 saturated carbocycles. The third kappa shape index (κ3) is 3.44. The van der Waals surface area contributed by atoms with Crippen LogP contribution in [0.4, 0.5) is 4.39 Å². The van der Waals surface area contributed by atoms with E-state index in [0.29, 0.717) is 17.0 Å². The summed E-state index contributed by atoms with van der Waals surface area (Å²) in [7, 11) is 1.93. The monoisotopic (exact) mass is 309 g/mol. The summed E-state index contributed by atoms with van der Waals surface area (Å²) >= 11 is 5.82. The summed E-state index contributed by atoms with van der Waals surface area (Å²) in [6, 6.07) is 4.89. The Morgan fingerprint density at radius 2 is 2.10 bits per heavy atom. The number of nitrogens with one attached hydrogen (secondary N) is 1. The molecule has 1 aromatic heterocycles. The molecule has 21 heavy (non-hydrogen) atoms. The molecule has 3 nitrogen and oxygen atoms in total. The number of aromatic nitrogens is 2. The number of hydrogen-bond acceptors (Lipinski definition) is 2. The number of hydrogen-bond donors (Lipinski definition) is 1. The van der Waals surface area contributed by atoms with Crippen molar-refractivity contribution in [3.63, 3.8) is 0 Å². The quantitative estimate of drug-likeness (QED) is 0.912. The van der Waals surface area contributed by atoms with E-state index in [1.54, 1.807) is 12.1 Å². The van der Waals surface area contributed by atoms with Gasteiger partial charge in [0, 0.05) is 29.4 Å². The van der Waals surface area contributed by atoms with E-state index in [2.05, 4.69) is 10.4 Å². The van der Waals surface area contributed by atoms with Gasteiger partial charge in [-0.05, 0) is 44.5 Å². The minimum Gasteiger partial charge on any atom is -0.310 e. The number of benzene rings is 1. The van der Waals surface area contributed by atoms with Crippen LogP contribution in [0.25, 0.3) is 0 Å². The van der Waals surface area contributed by atoms with Crippen molar-refractivity contribution in [2.24, 2.45) is 7.05 Å². The van der Waals surface area contributed by atoms with Crippen LogP contribution >= 0.6 is 11.6 Å². The standard InChI is InChI=1S/C16H21ClFN3/c1-5-19-15(16-10(2)20-21(4)11(16)3)8-12-6-7-13(17)9-14(12)18/h6-7,9,15,19H,5,8H2,1-4H3. The molecule has 5 heteroatoms. The molecule has 0 spiro atoms. The Balaban J connectivity index is 2.35. The second-order valence-electron chi connectivity index (χ2n) is 5.26. The van der Waals surface area contributed by atoms with Crippen molar-refractivity contribution in [3.8, 4) is 0 Å². The Kier molecular flexibility index (Phi) is 5.01. The highest BCUT2D eigenvalue weighted by molar-refractivity contribution is 6.30. The van der Waals surface area contributed by atoms with Gasteiger partial charge >= 0.3 is 0 Å². The van der Waals surface area contributed by atoms with E-state index in [1.165, 1.54) is 6.07 Å². The molecule has 1 N–H and O–H groups in total. The van der Waals surface area contributed by atoms with Crippen LogP contribution in [0.15, 0.2) is 18.2 Å². The smallest absolute Gasteiger partial charge is 0.127 e. The topological polar surface area (TPSA) is 29.9 Å². The second-order valence-corrected chi connectivity index (χ2v) is 5.69. The van der Waals surface area contributed by atoms with Gasteiger partial charge in [0.1, 0.15) is 5.82 Å². The Bertz CT molecular complexity index is 637. The van der Waals surface area contributed by atoms with Crippen molar-refractivity contribution >= 4 is 11.6 Å². The van der Waals surface area contributed by atoms with Crippen LogP contribution in [-0.2, 0) is 13.5 Å². The first-order chi connectivity index (χ1) is 9.93. The average Bonchev–Trinajstić information content (AvgIpc) is 2.66.